The van der Waals surface area contributed by atoms with Crippen LogP contribution in [0.4, 0.5) is 43.9 Å². The second-order valence-corrected chi connectivity index (χ2v) is 9.65. The van der Waals surface area contributed by atoms with Gasteiger partial charge in [0, 0.05) is 5.56 Å². The topological polar surface area (TPSA) is 58.6 Å². The summed E-state index contributed by atoms with van der Waals surface area (Å²) < 4.78 is 136. The van der Waals surface area contributed by atoms with E-state index in [1.54, 1.807) is 5.32 Å². The Kier molecular flexibility index (Phi) is 11.2. The van der Waals surface area contributed by atoms with Gasteiger partial charge in [0.25, 0.3) is 11.8 Å². The van der Waals surface area contributed by atoms with Crippen LogP contribution in [0.2, 0.25) is 15.1 Å². The molecule has 2 atom stereocenters. The van der Waals surface area contributed by atoms with Gasteiger partial charge in [-0.25, -0.2) is 9.45 Å². The maximum Gasteiger partial charge on any atom is 0.417 e. The number of nitrogens with zero attached hydrogens (tertiary/aromatic N) is 1. The molecule has 232 valence electrons. The molecule has 2 amide bonds. The summed E-state index contributed by atoms with van der Waals surface area (Å²) in [6.45, 7) is -1.04. The third-order valence-electron chi connectivity index (χ3n) is 5.38. The molecule has 42 heavy (non-hydrogen) atoms. The molecule has 2 unspecified atom stereocenters. The largest absolute Gasteiger partial charge is 0.417 e. The first-order valence-corrected chi connectivity index (χ1v) is 12.2. The fourth-order valence-corrected chi connectivity index (χ4v) is 4.06. The summed E-state index contributed by atoms with van der Waals surface area (Å²) in [4.78, 5) is 29.1. The minimum absolute atomic E-state index is 0.0359. The van der Waals surface area contributed by atoms with E-state index in [0.29, 0.717) is 19.2 Å². The van der Waals surface area contributed by atoms with Gasteiger partial charge in [-0.2, -0.15) is 39.5 Å². The number of benzene rings is 2. The molecule has 0 saturated carbocycles. The van der Waals surface area contributed by atoms with E-state index >= 15 is 4.39 Å². The first-order chi connectivity index (χ1) is 19.1. The number of hydrogen-bond acceptors (Lipinski definition) is 3. The SMILES string of the molecule is CON(CC(F)(F)F)C(=O)C(C)NC(=O)c1ccc(/C(F)=C/C(c2cc(Cl)c(Cl)c(Cl)c2)C(F)(F)F)cc1C(F)(F)F. The van der Waals surface area contributed by atoms with Crippen LogP contribution in [0.25, 0.3) is 5.83 Å². The fourth-order valence-electron chi connectivity index (χ4n) is 3.45. The lowest BCUT2D eigenvalue weighted by Gasteiger charge is -2.25. The van der Waals surface area contributed by atoms with Crippen LogP contribution >= 0.6 is 34.8 Å². The van der Waals surface area contributed by atoms with Crippen LogP contribution in [0, 0.1) is 0 Å². The number of alkyl halides is 9. The van der Waals surface area contributed by atoms with Crippen molar-refractivity contribution in [3.63, 3.8) is 0 Å². The molecule has 0 aliphatic rings. The molecule has 0 heterocycles. The van der Waals surface area contributed by atoms with E-state index in [9.17, 15) is 49.1 Å². The van der Waals surface area contributed by atoms with Crippen molar-refractivity contribution in [3.8, 4) is 0 Å². The molecule has 2 aromatic rings. The normalized spacial score (nSPS) is 14.4. The highest BCUT2D eigenvalue weighted by Gasteiger charge is 2.41. The summed E-state index contributed by atoms with van der Waals surface area (Å²) in [5.41, 5.74) is -4.72. The number of carbonyl (C=O) groups excluding carboxylic acids is 2. The van der Waals surface area contributed by atoms with Gasteiger partial charge in [0.15, 0.2) is 0 Å². The van der Waals surface area contributed by atoms with E-state index in [1.165, 1.54) is 0 Å². The molecule has 18 heteroatoms. The smallest absolute Gasteiger partial charge is 0.340 e. The highest BCUT2D eigenvalue weighted by Crippen LogP contribution is 2.43. The second-order valence-electron chi connectivity index (χ2n) is 8.46. The van der Waals surface area contributed by atoms with E-state index < -0.39 is 87.0 Å². The van der Waals surface area contributed by atoms with Gasteiger partial charge in [0.1, 0.15) is 24.3 Å². The van der Waals surface area contributed by atoms with Crippen LogP contribution in [0.1, 0.15) is 39.9 Å². The maximum atomic E-state index is 15.0. The quantitative estimate of drug-likeness (QED) is 0.174. The van der Waals surface area contributed by atoms with Crippen LogP contribution < -0.4 is 5.32 Å². The van der Waals surface area contributed by atoms with Gasteiger partial charge in [0.05, 0.1) is 33.3 Å². The Labute approximate surface area is 245 Å². The highest BCUT2D eigenvalue weighted by atomic mass is 35.5. The molecule has 0 aliphatic heterocycles. The first kappa shape index (κ1) is 35.4. The van der Waals surface area contributed by atoms with Gasteiger partial charge in [-0.15, -0.1) is 0 Å². The number of hydroxylamine groups is 2. The Balaban J connectivity index is 2.48. The Bertz CT molecular complexity index is 1340. The molecule has 2 aromatic carbocycles. The molecule has 0 spiro atoms. The lowest BCUT2D eigenvalue weighted by atomic mass is 9.95. The number of nitrogens with one attached hydrogen (secondary N) is 1. The second kappa shape index (κ2) is 13.3. The lowest BCUT2D eigenvalue weighted by Crippen LogP contribution is -2.49. The number of carbonyl (C=O) groups is 2. The lowest BCUT2D eigenvalue weighted by molar-refractivity contribution is -0.224. The van der Waals surface area contributed by atoms with Crippen molar-refractivity contribution in [3.05, 3.63) is 73.7 Å². The first-order valence-electron chi connectivity index (χ1n) is 11.1. The van der Waals surface area contributed by atoms with Crippen molar-refractivity contribution in [2.24, 2.45) is 0 Å². The summed E-state index contributed by atoms with van der Waals surface area (Å²) in [7, 11) is 0.709. The maximum absolute atomic E-state index is 15.0. The minimum Gasteiger partial charge on any atom is -0.340 e. The zero-order valence-corrected chi connectivity index (χ0v) is 23.2. The van der Waals surface area contributed by atoms with E-state index in [0.717, 1.165) is 19.1 Å². The summed E-state index contributed by atoms with van der Waals surface area (Å²) in [6.07, 6.45) is -15.5. The summed E-state index contributed by atoms with van der Waals surface area (Å²) in [5, 5.41) is 0.491. The zero-order chi connectivity index (χ0) is 32.4. The van der Waals surface area contributed by atoms with Crippen molar-refractivity contribution in [2.45, 2.75) is 37.4 Å². The summed E-state index contributed by atoms with van der Waals surface area (Å²) in [6, 6.07) is 0.682. The van der Waals surface area contributed by atoms with Gasteiger partial charge in [-0.3, -0.25) is 14.4 Å². The van der Waals surface area contributed by atoms with Gasteiger partial charge in [-0.1, -0.05) is 40.9 Å². The predicted molar refractivity (Wildman–Crippen MR) is 133 cm³/mol. The Morgan fingerprint density at radius 1 is 0.976 bits per heavy atom. The van der Waals surface area contributed by atoms with Crippen molar-refractivity contribution < 1.29 is 58.3 Å². The van der Waals surface area contributed by atoms with E-state index in [4.69, 9.17) is 34.8 Å². The molecule has 0 saturated heterocycles. The van der Waals surface area contributed by atoms with Crippen LogP contribution in [0.15, 0.2) is 36.4 Å². The molecule has 0 bridgehead atoms. The van der Waals surface area contributed by atoms with Crippen molar-refractivity contribution >= 4 is 52.4 Å². The molecule has 5 nitrogen and oxygen atoms in total. The van der Waals surface area contributed by atoms with Gasteiger partial charge in [0.2, 0.25) is 0 Å². The Hall–Kier alpha value is -2.75. The molecular weight excluding hydrogens is 661 g/mol. The monoisotopic (exact) mass is 676 g/mol. The number of allylic oxidation sites excluding steroid dienone is 1. The van der Waals surface area contributed by atoms with Crippen LogP contribution in [-0.4, -0.2) is 48.9 Å². The predicted octanol–water partition coefficient (Wildman–Crippen LogP) is 8.39. The van der Waals surface area contributed by atoms with Crippen LogP contribution in [0.5, 0.6) is 0 Å². The summed E-state index contributed by atoms with van der Waals surface area (Å²) in [5.74, 6) is -7.60. The number of amides is 2. The number of halogens is 13. The Morgan fingerprint density at radius 2 is 1.52 bits per heavy atom. The molecule has 2 rings (SSSR count). The van der Waals surface area contributed by atoms with E-state index in [2.05, 4.69) is 4.84 Å². The molecule has 1 N–H and O–H groups in total. The minimum atomic E-state index is -5.37. The molecule has 0 fully saturated rings. The average Bonchev–Trinajstić information content (AvgIpc) is 2.85. The highest BCUT2D eigenvalue weighted by molar-refractivity contribution is 6.48. The van der Waals surface area contributed by atoms with Crippen molar-refractivity contribution in [1.29, 1.82) is 0 Å². The molecule has 0 aliphatic carbocycles. The van der Waals surface area contributed by atoms with Gasteiger partial charge < -0.3 is 5.32 Å². The number of rotatable bonds is 8. The molecular formula is C24H17Cl3F10N2O3. The third-order valence-corrected chi connectivity index (χ3v) is 6.58. The zero-order valence-electron chi connectivity index (χ0n) is 20.9. The van der Waals surface area contributed by atoms with Crippen molar-refractivity contribution in [1.82, 2.24) is 10.4 Å². The third kappa shape index (κ3) is 9.12. The fraction of sp³-hybridized carbons (Fsp3) is 0.333. The van der Waals surface area contributed by atoms with Crippen LogP contribution in [-0.2, 0) is 15.8 Å². The molecule has 0 aromatic heterocycles. The summed E-state index contributed by atoms with van der Waals surface area (Å²) >= 11 is 17.2. The van der Waals surface area contributed by atoms with Crippen molar-refractivity contribution in [2.75, 3.05) is 13.7 Å². The van der Waals surface area contributed by atoms with Crippen LogP contribution in [0.3, 0.4) is 0 Å². The van der Waals surface area contributed by atoms with E-state index in [-0.39, 0.29) is 22.2 Å². The average molecular weight is 678 g/mol. The number of hydrogen-bond donors (Lipinski definition) is 1. The standard InChI is InChI=1S/C24H17Cl3F10N2O3/c1-10(21(41)39(42-2)9-22(29,30)31)38-20(40)13-4-3-11(5-15(13)24(35,36)37)18(28)8-14(23(32,33)34)12-6-16(25)19(27)17(26)7-12/h3-8,10,14H,9H2,1-2H3,(H,38,40)/b18-8-. The molecule has 0 radical (unpaired) electrons. The van der Waals surface area contributed by atoms with E-state index in [1.807, 2.05) is 0 Å². The van der Waals surface area contributed by atoms with Gasteiger partial charge in [-0.05, 0) is 42.8 Å². The Morgan fingerprint density at radius 3 is 1.98 bits per heavy atom. The van der Waals surface area contributed by atoms with Gasteiger partial charge >= 0.3 is 18.5 Å².